The molecule has 1 fully saturated rings. The topological polar surface area (TPSA) is 77.6 Å². The molecular formula is C32H30N2O3S2. The first-order chi connectivity index (χ1) is 19.2. The van der Waals surface area contributed by atoms with E-state index in [-0.39, 0.29) is 18.8 Å². The highest BCUT2D eigenvalue weighted by molar-refractivity contribution is 8.01. The molecule has 5 nitrogen and oxygen atoms in total. The Kier molecular flexibility index (Phi) is 8.06. The Hall–Kier alpha value is -3.04. The van der Waals surface area contributed by atoms with Gasteiger partial charge < -0.3 is 20.3 Å². The monoisotopic (exact) mass is 554 g/mol. The van der Waals surface area contributed by atoms with Crippen LogP contribution in [0.15, 0.2) is 101 Å². The minimum atomic E-state index is -0.480. The summed E-state index contributed by atoms with van der Waals surface area (Å²) < 4.78 is 15.3. The van der Waals surface area contributed by atoms with Crippen LogP contribution in [0.1, 0.15) is 41.1 Å². The van der Waals surface area contributed by atoms with E-state index in [0.29, 0.717) is 6.54 Å². The van der Waals surface area contributed by atoms with E-state index < -0.39 is 6.29 Å². The first-order valence-corrected chi connectivity index (χ1v) is 14.9. The van der Waals surface area contributed by atoms with Gasteiger partial charge in [0.25, 0.3) is 0 Å². The maximum absolute atomic E-state index is 9.47. The van der Waals surface area contributed by atoms with Crippen LogP contribution in [-0.4, -0.2) is 21.9 Å². The zero-order chi connectivity index (χ0) is 26.6. The van der Waals surface area contributed by atoms with Gasteiger partial charge in [-0.15, -0.1) is 11.3 Å². The smallest absolute Gasteiger partial charge is 0.184 e. The van der Waals surface area contributed by atoms with Gasteiger partial charge in [-0.3, -0.25) is 0 Å². The predicted octanol–water partition coefficient (Wildman–Crippen LogP) is 7.25. The van der Waals surface area contributed by atoms with Gasteiger partial charge in [-0.1, -0.05) is 90.6 Å². The molecule has 6 rings (SSSR count). The number of nitrogens with zero attached hydrogens (tertiary/aromatic N) is 1. The molecule has 7 heteroatoms. The van der Waals surface area contributed by atoms with E-state index in [1.54, 1.807) is 23.1 Å². The minimum Gasteiger partial charge on any atom is -0.392 e. The highest BCUT2D eigenvalue weighted by Crippen LogP contribution is 2.40. The third-order valence-electron chi connectivity index (χ3n) is 6.96. The van der Waals surface area contributed by atoms with E-state index in [9.17, 15) is 5.11 Å². The van der Waals surface area contributed by atoms with E-state index in [1.165, 1.54) is 4.70 Å². The highest BCUT2D eigenvalue weighted by Gasteiger charge is 2.32. The Balaban J connectivity index is 1.22. The number of thioether (sulfide) groups is 1. The van der Waals surface area contributed by atoms with Crippen molar-refractivity contribution in [2.24, 2.45) is 5.73 Å². The highest BCUT2D eigenvalue weighted by atomic mass is 32.2. The van der Waals surface area contributed by atoms with Crippen molar-refractivity contribution < 1.29 is 14.6 Å². The van der Waals surface area contributed by atoms with Crippen molar-refractivity contribution in [3.05, 3.63) is 119 Å². The molecule has 198 valence electrons. The average Bonchev–Trinajstić information content (AvgIpc) is 3.43. The van der Waals surface area contributed by atoms with Gasteiger partial charge in [-0.2, -0.15) is 0 Å². The fourth-order valence-corrected chi connectivity index (χ4v) is 6.92. The second-order valence-corrected chi connectivity index (χ2v) is 11.9. The number of rotatable bonds is 8. The molecule has 0 radical (unpaired) electrons. The van der Waals surface area contributed by atoms with Crippen molar-refractivity contribution in [2.75, 3.05) is 5.75 Å². The lowest BCUT2D eigenvalue weighted by Gasteiger charge is -2.36. The van der Waals surface area contributed by atoms with Crippen LogP contribution in [0.4, 0.5) is 0 Å². The first-order valence-electron chi connectivity index (χ1n) is 13.1. The van der Waals surface area contributed by atoms with E-state index in [1.807, 2.05) is 48.5 Å². The molecule has 2 heterocycles. The van der Waals surface area contributed by atoms with Gasteiger partial charge in [0.05, 0.1) is 29.0 Å². The van der Waals surface area contributed by atoms with Crippen molar-refractivity contribution in [3.8, 4) is 11.1 Å². The van der Waals surface area contributed by atoms with Crippen LogP contribution in [0.2, 0.25) is 0 Å². The zero-order valence-electron chi connectivity index (χ0n) is 21.4. The summed E-state index contributed by atoms with van der Waals surface area (Å²) in [5, 5.41) is 9.47. The normalized spacial score (nSPS) is 19.4. The molecule has 5 aromatic rings. The molecule has 0 aliphatic carbocycles. The number of thiazole rings is 1. The van der Waals surface area contributed by atoms with Crippen LogP contribution in [0.3, 0.4) is 0 Å². The van der Waals surface area contributed by atoms with Gasteiger partial charge in [0.2, 0.25) is 0 Å². The summed E-state index contributed by atoms with van der Waals surface area (Å²) >= 11 is 3.46. The fourth-order valence-electron chi connectivity index (χ4n) is 4.81. The molecule has 0 bridgehead atoms. The quantitative estimate of drug-likeness (QED) is 0.197. The number of benzene rings is 4. The van der Waals surface area contributed by atoms with Gasteiger partial charge in [0.15, 0.2) is 10.6 Å². The molecule has 0 amide bonds. The van der Waals surface area contributed by atoms with Gasteiger partial charge in [0, 0.05) is 24.3 Å². The first kappa shape index (κ1) is 26.2. The molecule has 3 unspecified atom stereocenters. The van der Waals surface area contributed by atoms with Crippen molar-refractivity contribution in [3.63, 3.8) is 0 Å². The molecule has 39 heavy (non-hydrogen) atoms. The number of aliphatic hydroxyl groups excluding tert-OH is 1. The predicted molar refractivity (Wildman–Crippen MR) is 159 cm³/mol. The van der Waals surface area contributed by atoms with E-state index in [0.717, 1.165) is 55.4 Å². The Morgan fingerprint density at radius 3 is 2.41 bits per heavy atom. The number of nitrogens with two attached hydrogens (primary N) is 1. The number of aliphatic hydroxyl groups is 1. The van der Waals surface area contributed by atoms with E-state index in [4.69, 9.17) is 20.2 Å². The van der Waals surface area contributed by atoms with Gasteiger partial charge in [-0.05, 0) is 46.0 Å². The molecule has 1 aromatic heterocycles. The second-order valence-electron chi connectivity index (χ2n) is 9.64. The zero-order valence-corrected chi connectivity index (χ0v) is 23.0. The van der Waals surface area contributed by atoms with Gasteiger partial charge >= 0.3 is 0 Å². The number of hydrogen-bond donors (Lipinski definition) is 2. The third-order valence-corrected chi connectivity index (χ3v) is 9.27. The van der Waals surface area contributed by atoms with Crippen LogP contribution >= 0.6 is 23.1 Å². The van der Waals surface area contributed by atoms with Crippen molar-refractivity contribution >= 4 is 33.3 Å². The lowest BCUT2D eigenvalue weighted by Crippen LogP contribution is -2.31. The SMILES string of the molecule is NCc1cccc(-c2ccc(C3OC(CSc4nc5ccccc5s4)CC(c4ccc(CO)cc4)O3)cc2)c1. The van der Waals surface area contributed by atoms with Crippen LogP contribution < -0.4 is 5.73 Å². The molecule has 0 spiro atoms. The number of aromatic nitrogens is 1. The Morgan fingerprint density at radius 1 is 0.846 bits per heavy atom. The summed E-state index contributed by atoms with van der Waals surface area (Å²) in [6.07, 6.45) is 0.144. The van der Waals surface area contributed by atoms with Crippen molar-refractivity contribution in [1.82, 2.24) is 4.98 Å². The fraction of sp³-hybridized carbons (Fsp3) is 0.219. The largest absolute Gasteiger partial charge is 0.392 e. The van der Waals surface area contributed by atoms with E-state index in [2.05, 4.69) is 48.5 Å². The summed E-state index contributed by atoms with van der Waals surface area (Å²) in [4.78, 5) is 4.78. The third kappa shape index (κ3) is 6.09. The molecular weight excluding hydrogens is 524 g/mol. The molecule has 0 saturated carbocycles. The van der Waals surface area contributed by atoms with Crippen LogP contribution in [-0.2, 0) is 22.6 Å². The Morgan fingerprint density at radius 2 is 1.64 bits per heavy atom. The summed E-state index contributed by atoms with van der Waals surface area (Å²) in [5.74, 6) is 0.787. The van der Waals surface area contributed by atoms with E-state index >= 15 is 0 Å². The molecule has 1 aliphatic rings. The molecule has 3 atom stereocenters. The lowest BCUT2D eigenvalue weighted by atomic mass is 9.99. The molecule has 1 saturated heterocycles. The maximum atomic E-state index is 9.47. The molecule has 3 N–H and O–H groups in total. The van der Waals surface area contributed by atoms with Gasteiger partial charge in [0.1, 0.15) is 0 Å². The molecule has 4 aromatic carbocycles. The Bertz CT molecular complexity index is 1500. The van der Waals surface area contributed by atoms with Crippen LogP contribution in [0, 0.1) is 0 Å². The summed E-state index contributed by atoms with van der Waals surface area (Å²) in [5.41, 5.74) is 13.2. The Labute approximate surface area is 236 Å². The lowest BCUT2D eigenvalue weighted by molar-refractivity contribution is -0.245. The maximum Gasteiger partial charge on any atom is 0.184 e. The summed E-state index contributed by atoms with van der Waals surface area (Å²) in [7, 11) is 0. The summed E-state index contributed by atoms with van der Waals surface area (Å²) in [6.45, 7) is 0.548. The minimum absolute atomic E-state index is 0.0100. The van der Waals surface area contributed by atoms with Gasteiger partial charge in [-0.25, -0.2) is 4.98 Å². The van der Waals surface area contributed by atoms with Crippen LogP contribution in [0.5, 0.6) is 0 Å². The second kappa shape index (κ2) is 12.0. The van der Waals surface area contributed by atoms with Crippen molar-refractivity contribution in [2.45, 2.75) is 42.4 Å². The number of hydrogen-bond acceptors (Lipinski definition) is 7. The number of ether oxygens (including phenoxy) is 2. The average molecular weight is 555 g/mol. The van der Waals surface area contributed by atoms with Crippen molar-refractivity contribution in [1.29, 1.82) is 0 Å². The molecule has 1 aliphatic heterocycles. The summed E-state index contributed by atoms with van der Waals surface area (Å²) in [6, 6.07) is 33.0. The number of fused-ring (bicyclic) bond motifs is 1. The van der Waals surface area contributed by atoms with Crippen LogP contribution in [0.25, 0.3) is 21.3 Å². The number of para-hydroxylation sites is 1. The standard InChI is InChI=1S/C32H30N2O3S2/c33-18-22-4-3-5-26(16-22)23-12-14-25(15-13-23)31-36-27(17-29(37-31)24-10-8-21(19-35)9-11-24)20-38-32-34-28-6-1-2-7-30(28)39-32/h1-16,27,29,31,35H,17-20,33H2.